The molecule has 1 rings (SSSR count). The smallest absolute Gasteiger partial charge is 0.323 e. The van der Waals surface area contributed by atoms with E-state index < -0.39 is 11.8 Å². The van der Waals surface area contributed by atoms with Gasteiger partial charge < -0.3 is 4.90 Å². The molecule has 0 bridgehead atoms. The van der Waals surface area contributed by atoms with Gasteiger partial charge in [-0.05, 0) is 11.8 Å². The molecule has 5 heteroatoms. The van der Waals surface area contributed by atoms with E-state index in [9.17, 15) is 9.59 Å². The van der Waals surface area contributed by atoms with Gasteiger partial charge in [-0.3, -0.25) is 15.0 Å². The van der Waals surface area contributed by atoms with Crippen LogP contribution in [0.5, 0.6) is 0 Å². The summed E-state index contributed by atoms with van der Waals surface area (Å²) in [6.07, 6.45) is 0. The lowest BCUT2D eigenvalue weighted by molar-refractivity contribution is -0.145. The highest BCUT2D eigenvalue weighted by atomic mass is 16.2. The number of hydrazine groups is 1. The van der Waals surface area contributed by atoms with Gasteiger partial charge >= 0.3 is 11.8 Å². The van der Waals surface area contributed by atoms with Crippen LogP contribution in [0.4, 0.5) is 0 Å². The Labute approximate surface area is 77.2 Å². The zero-order valence-electron chi connectivity index (χ0n) is 7.91. The molecule has 2 atom stereocenters. The zero-order chi connectivity index (χ0) is 10.0. The molecule has 3 N–H and O–H groups in total. The lowest BCUT2D eigenvalue weighted by atomic mass is 10.0. The Morgan fingerprint density at radius 3 is 2.15 bits per heavy atom. The fraction of sp³-hybridized carbons (Fsp3) is 0.750. The first-order chi connectivity index (χ1) is 6.06. The monoisotopic (exact) mass is 185 g/mol. The Bertz CT molecular complexity index is 219. The highest BCUT2D eigenvalue weighted by molar-refractivity contribution is 6.34. The maximum Gasteiger partial charge on any atom is 0.323 e. The van der Waals surface area contributed by atoms with Crippen LogP contribution in [0.25, 0.3) is 0 Å². The van der Waals surface area contributed by atoms with E-state index in [1.165, 1.54) is 4.90 Å². The molecule has 0 aliphatic carbocycles. The predicted molar refractivity (Wildman–Crippen MR) is 47.2 cm³/mol. The molecule has 0 aromatic carbocycles. The van der Waals surface area contributed by atoms with Gasteiger partial charge in [-0.25, -0.2) is 5.84 Å². The van der Waals surface area contributed by atoms with E-state index in [-0.39, 0.29) is 0 Å². The van der Waals surface area contributed by atoms with E-state index >= 15 is 0 Å². The van der Waals surface area contributed by atoms with Crippen molar-refractivity contribution in [2.75, 3.05) is 13.1 Å². The minimum atomic E-state index is -0.735. The average Bonchev–Trinajstić information content (AvgIpc) is 2.44. The van der Waals surface area contributed by atoms with Crippen LogP contribution < -0.4 is 11.3 Å². The molecule has 1 heterocycles. The van der Waals surface area contributed by atoms with E-state index in [0.717, 1.165) is 0 Å². The van der Waals surface area contributed by atoms with E-state index in [1.807, 2.05) is 5.43 Å². The third-order valence-corrected chi connectivity index (χ3v) is 2.60. The topological polar surface area (TPSA) is 75.4 Å². The van der Waals surface area contributed by atoms with Gasteiger partial charge in [0.2, 0.25) is 0 Å². The first-order valence-corrected chi connectivity index (χ1v) is 4.36. The maximum atomic E-state index is 11.3. The van der Waals surface area contributed by atoms with Crippen molar-refractivity contribution in [3.63, 3.8) is 0 Å². The number of nitrogens with one attached hydrogen (secondary N) is 1. The van der Waals surface area contributed by atoms with Crippen LogP contribution in [-0.2, 0) is 9.59 Å². The third kappa shape index (κ3) is 1.98. The summed E-state index contributed by atoms with van der Waals surface area (Å²) in [7, 11) is 0. The number of nitrogens with two attached hydrogens (primary N) is 1. The van der Waals surface area contributed by atoms with Crippen molar-refractivity contribution in [1.82, 2.24) is 10.3 Å². The molecule has 5 nitrogen and oxygen atoms in total. The molecule has 2 amide bonds. The van der Waals surface area contributed by atoms with Crippen LogP contribution in [0.15, 0.2) is 0 Å². The summed E-state index contributed by atoms with van der Waals surface area (Å²) < 4.78 is 0. The van der Waals surface area contributed by atoms with Crippen molar-refractivity contribution >= 4 is 11.8 Å². The van der Waals surface area contributed by atoms with Crippen molar-refractivity contribution in [2.24, 2.45) is 17.7 Å². The number of carbonyl (C=O) groups is 2. The average molecular weight is 185 g/mol. The standard InChI is InChI=1S/C8H15N3O2/c1-5-3-11(4-6(5)2)8(13)7(12)10-9/h5-6H,3-4,9H2,1-2H3,(H,10,12). The molecular weight excluding hydrogens is 170 g/mol. The number of rotatable bonds is 0. The first kappa shape index (κ1) is 9.98. The second-order valence-corrected chi connectivity index (χ2v) is 3.64. The SMILES string of the molecule is CC1CN(C(=O)C(=O)NN)CC1C. The third-order valence-electron chi connectivity index (χ3n) is 2.60. The summed E-state index contributed by atoms with van der Waals surface area (Å²) in [5.74, 6) is 4.51. The van der Waals surface area contributed by atoms with E-state index in [2.05, 4.69) is 13.8 Å². The molecule has 0 spiro atoms. The normalized spacial score (nSPS) is 27.5. The Balaban J connectivity index is 2.56. The summed E-state index contributed by atoms with van der Waals surface area (Å²) in [6, 6.07) is 0. The Kier molecular flexibility index (Phi) is 2.87. The van der Waals surface area contributed by atoms with Gasteiger partial charge in [-0.15, -0.1) is 0 Å². The molecule has 0 aromatic heterocycles. The second-order valence-electron chi connectivity index (χ2n) is 3.64. The highest BCUT2D eigenvalue weighted by Crippen LogP contribution is 2.21. The summed E-state index contributed by atoms with van der Waals surface area (Å²) in [5.41, 5.74) is 1.84. The molecule has 0 aromatic rings. The molecular formula is C8H15N3O2. The van der Waals surface area contributed by atoms with E-state index in [0.29, 0.717) is 24.9 Å². The van der Waals surface area contributed by atoms with Gasteiger partial charge in [0.1, 0.15) is 0 Å². The molecule has 1 fully saturated rings. The van der Waals surface area contributed by atoms with Crippen molar-refractivity contribution in [2.45, 2.75) is 13.8 Å². The zero-order valence-corrected chi connectivity index (χ0v) is 7.91. The molecule has 0 radical (unpaired) electrons. The highest BCUT2D eigenvalue weighted by Gasteiger charge is 2.31. The fourth-order valence-corrected chi connectivity index (χ4v) is 1.50. The van der Waals surface area contributed by atoms with Crippen molar-refractivity contribution in [3.8, 4) is 0 Å². The number of amides is 2. The molecule has 1 aliphatic heterocycles. The molecule has 1 aliphatic rings. The van der Waals surface area contributed by atoms with Crippen LogP contribution in [0.3, 0.4) is 0 Å². The van der Waals surface area contributed by atoms with Crippen LogP contribution in [0, 0.1) is 11.8 Å². The lowest BCUT2D eigenvalue weighted by Gasteiger charge is -2.13. The van der Waals surface area contributed by atoms with Gasteiger partial charge in [0.15, 0.2) is 0 Å². The van der Waals surface area contributed by atoms with E-state index in [1.54, 1.807) is 0 Å². The van der Waals surface area contributed by atoms with Crippen molar-refractivity contribution in [3.05, 3.63) is 0 Å². The van der Waals surface area contributed by atoms with Crippen LogP contribution in [-0.4, -0.2) is 29.8 Å². The van der Waals surface area contributed by atoms with Gasteiger partial charge in [-0.2, -0.15) is 0 Å². The Hall–Kier alpha value is -1.10. The quantitative estimate of drug-likeness (QED) is 0.222. The fourth-order valence-electron chi connectivity index (χ4n) is 1.50. The molecule has 0 saturated carbocycles. The number of hydrogen-bond donors (Lipinski definition) is 2. The van der Waals surface area contributed by atoms with Gasteiger partial charge in [0.25, 0.3) is 0 Å². The van der Waals surface area contributed by atoms with Gasteiger partial charge in [0, 0.05) is 13.1 Å². The summed E-state index contributed by atoms with van der Waals surface area (Å²) in [5, 5.41) is 0. The van der Waals surface area contributed by atoms with Crippen molar-refractivity contribution in [1.29, 1.82) is 0 Å². The number of hydrogen-bond acceptors (Lipinski definition) is 3. The molecule has 1 saturated heterocycles. The molecule has 13 heavy (non-hydrogen) atoms. The number of likely N-dealkylation sites (tertiary alicyclic amines) is 1. The summed E-state index contributed by atoms with van der Waals surface area (Å²) in [4.78, 5) is 23.7. The summed E-state index contributed by atoms with van der Waals surface area (Å²) in [6.45, 7) is 5.43. The van der Waals surface area contributed by atoms with Crippen molar-refractivity contribution < 1.29 is 9.59 Å². The summed E-state index contributed by atoms with van der Waals surface area (Å²) >= 11 is 0. The minimum Gasteiger partial charge on any atom is -0.334 e. The number of nitrogens with zero attached hydrogens (tertiary/aromatic N) is 1. The van der Waals surface area contributed by atoms with E-state index in [4.69, 9.17) is 5.84 Å². The molecule has 74 valence electrons. The first-order valence-electron chi connectivity index (χ1n) is 4.36. The second kappa shape index (κ2) is 3.74. The van der Waals surface area contributed by atoms with Crippen LogP contribution in [0.1, 0.15) is 13.8 Å². The Morgan fingerprint density at radius 1 is 1.31 bits per heavy atom. The van der Waals surface area contributed by atoms with Crippen LogP contribution >= 0.6 is 0 Å². The maximum absolute atomic E-state index is 11.3. The molecule has 2 unspecified atom stereocenters. The predicted octanol–water partition coefficient (Wildman–Crippen LogP) is -0.909. The van der Waals surface area contributed by atoms with Crippen LogP contribution in [0.2, 0.25) is 0 Å². The lowest BCUT2D eigenvalue weighted by Crippen LogP contribution is -2.44. The van der Waals surface area contributed by atoms with Gasteiger partial charge in [-0.1, -0.05) is 13.8 Å². The largest absolute Gasteiger partial charge is 0.334 e. The Morgan fingerprint density at radius 2 is 1.77 bits per heavy atom. The van der Waals surface area contributed by atoms with Gasteiger partial charge in [0.05, 0.1) is 0 Å². The minimum absolute atomic E-state index is 0.453. The number of carbonyl (C=O) groups excluding carboxylic acids is 2.